The number of non-ortho nitro benzene ring substituents is 1. The SMILES string of the molecule is CCC(=O)CC1CCC(NC(=O)c2ccc(CCC(=O)CC[C@H]3CN(Cc4ccc(Cl)c(C)c4)CCO3)cc2)CC1.CCC(=O)NCCCOCCOCCOCCCNc1ccc([N+](=O)[O-])cc1[N+](=O)[O-]. The van der Waals surface area contributed by atoms with Crippen molar-refractivity contribution in [1.82, 2.24) is 15.5 Å². The van der Waals surface area contributed by atoms with Crippen molar-refractivity contribution in [3.8, 4) is 0 Å². The van der Waals surface area contributed by atoms with E-state index in [-0.39, 0.29) is 46.8 Å². The molecule has 72 heavy (non-hydrogen) atoms. The van der Waals surface area contributed by atoms with E-state index in [4.69, 9.17) is 30.5 Å². The average molecular weight is 1020 g/mol. The highest BCUT2D eigenvalue weighted by Crippen LogP contribution is 2.30. The Morgan fingerprint density at radius 1 is 0.778 bits per heavy atom. The molecule has 0 spiro atoms. The molecule has 3 aromatic carbocycles. The topological polar surface area (TPSA) is 231 Å². The van der Waals surface area contributed by atoms with Crippen molar-refractivity contribution in [2.24, 2.45) is 5.92 Å². The minimum Gasteiger partial charge on any atom is -0.379 e. The van der Waals surface area contributed by atoms with Gasteiger partial charge in [-0.05, 0) is 105 Å². The number of carbonyl (C=O) groups is 4. The molecule has 1 atom stereocenters. The molecule has 1 aliphatic carbocycles. The minimum atomic E-state index is -0.672. The fraction of sp³-hybridized carbons (Fsp3) is 0.585. The van der Waals surface area contributed by atoms with Crippen LogP contribution in [0.1, 0.15) is 118 Å². The molecule has 1 aliphatic heterocycles. The molecule has 18 nitrogen and oxygen atoms in total. The Morgan fingerprint density at radius 3 is 2.08 bits per heavy atom. The highest BCUT2D eigenvalue weighted by Gasteiger charge is 2.25. The van der Waals surface area contributed by atoms with Crippen LogP contribution in [-0.2, 0) is 46.3 Å². The second-order valence-corrected chi connectivity index (χ2v) is 18.7. The summed E-state index contributed by atoms with van der Waals surface area (Å²) in [6.45, 7) is 12.8. The summed E-state index contributed by atoms with van der Waals surface area (Å²) in [6, 6.07) is 17.4. The van der Waals surface area contributed by atoms with Gasteiger partial charge in [0.1, 0.15) is 17.3 Å². The highest BCUT2D eigenvalue weighted by molar-refractivity contribution is 6.31. The number of ketones is 2. The number of morpholine rings is 1. The number of halogens is 1. The van der Waals surface area contributed by atoms with E-state index in [1.54, 1.807) is 6.92 Å². The number of nitrogens with one attached hydrogen (secondary N) is 3. The predicted molar refractivity (Wildman–Crippen MR) is 277 cm³/mol. The lowest BCUT2D eigenvalue weighted by atomic mass is 9.83. The Labute approximate surface area is 428 Å². The number of carbonyl (C=O) groups excluding carboxylic acids is 4. The number of aryl methyl sites for hydroxylation is 2. The first kappa shape index (κ1) is 59.2. The number of hydrogen-bond acceptors (Lipinski definition) is 14. The Bertz CT molecular complexity index is 2170. The largest absolute Gasteiger partial charge is 0.379 e. The van der Waals surface area contributed by atoms with Crippen molar-refractivity contribution in [1.29, 1.82) is 0 Å². The van der Waals surface area contributed by atoms with Crippen LogP contribution in [0, 0.1) is 33.1 Å². The van der Waals surface area contributed by atoms with E-state index in [2.05, 4.69) is 33.0 Å². The van der Waals surface area contributed by atoms with E-state index < -0.39 is 9.85 Å². The Morgan fingerprint density at radius 2 is 1.44 bits per heavy atom. The van der Waals surface area contributed by atoms with Gasteiger partial charge in [0, 0.05) is 101 Å². The van der Waals surface area contributed by atoms with Crippen LogP contribution in [-0.4, -0.2) is 123 Å². The zero-order valence-electron chi connectivity index (χ0n) is 42.3. The monoisotopic (exact) mass is 1020 g/mol. The maximum atomic E-state index is 12.7. The number of nitrogens with zero attached hydrogens (tertiary/aromatic N) is 3. The molecule has 0 bridgehead atoms. The van der Waals surface area contributed by atoms with E-state index in [1.807, 2.05) is 44.2 Å². The van der Waals surface area contributed by atoms with Gasteiger partial charge in [-0.25, -0.2) is 0 Å². The molecule has 3 aromatic rings. The first-order valence-corrected chi connectivity index (χ1v) is 25.8. The van der Waals surface area contributed by atoms with Gasteiger partial charge in [-0.15, -0.1) is 0 Å². The zero-order valence-corrected chi connectivity index (χ0v) is 43.1. The summed E-state index contributed by atoms with van der Waals surface area (Å²) in [5, 5.41) is 31.4. The number of hydrogen-bond donors (Lipinski definition) is 3. The van der Waals surface area contributed by atoms with Gasteiger partial charge in [0.15, 0.2) is 0 Å². The number of rotatable bonds is 31. The molecule has 0 radical (unpaired) electrons. The standard InChI is InChI=1S/C34H45ClN2O4.C19H30N4O8/c1-3-30(38)21-26-6-12-29(13-7-26)36-34(40)28-10-4-25(5-11-28)8-14-31(39)15-16-32-23-37(18-19-41-32)22-27-9-17-33(35)24(2)20-27;1-2-19(24)21-8-4-10-30-12-14-31-13-11-29-9-3-7-20-17-6-5-16(22(25)26)15-18(17)23(27)28/h4-5,9-11,17,20,26,29,32H,3,6-8,12-16,18-19,21-23H2,1-2H3,(H,36,40);5-6,15,20H,2-4,7-14H2,1H3,(H,21,24)/t26?,29?,32-;/m0./s1. The molecule has 2 amide bonds. The second kappa shape index (κ2) is 33.4. The smallest absolute Gasteiger partial charge is 0.299 e. The molecule has 19 heteroatoms. The molecule has 3 N–H and O–H groups in total. The van der Waals surface area contributed by atoms with E-state index >= 15 is 0 Å². The van der Waals surface area contributed by atoms with Crippen molar-refractivity contribution < 1.29 is 48.0 Å². The number of nitro benzene ring substituents is 2. The van der Waals surface area contributed by atoms with Crippen LogP contribution in [0.4, 0.5) is 17.1 Å². The molecule has 396 valence electrons. The summed E-state index contributed by atoms with van der Waals surface area (Å²) >= 11 is 6.16. The molecule has 1 heterocycles. The van der Waals surface area contributed by atoms with Crippen molar-refractivity contribution in [2.45, 2.75) is 123 Å². The fourth-order valence-electron chi connectivity index (χ4n) is 8.36. The molecule has 1 saturated heterocycles. The summed E-state index contributed by atoms with van der Waals surface area (Å²) < 4.78 is 22.1. The molecular weight excluding hydrogens is 948 g/mol. The van der Waals surface area contributed by atoms with E-state index in [1.165, 1.54) is 17.7 Å². The van der Waals surface area contributed by atoms with Crippen LogP contribution in [0.3, 0.4) is 0 Å². The van der Waals surface area contributed by atoms with Crippen molar-refractivity contribution in [3.05, 3.63) is 108 Å². The van der Waals surface area contributed by atoms with Crippen LogP contribution in [0.15, 0.2) is 60.7 Å². The lowest BCUT2D eigenvalue weighted by molar-refractivity contribution is -0.393. The Balaban J connectivity index is 0.000000326. The molecule has 5 rings (SSSR count). The van der Waals surface area contributed by atoms with Gasteiger partial charge in [0.05, 0.1) is 55.1 Å². The summed E-state index contributed by atoms with van der Waals surface area (Å²) in [5.74, 6) is 1.04. The van der Waals surface area contributed by atoms with Gasteiger partial charge in [-0.1, -0.05) is 49.7 Å². The van der Waals surface area contributed by atoms with Crippen LogP contribution in [0.2, 0.25) is 5.02 Å². The highest BCUT2D eigenvalue weighted by atomic mass is 35.5. The molecule has 2 fully saturated rings. The minimum absolute atomic E-state index is 0.0341. The predicted octanol–water partition coefficient (Wildman–Crippen LogP) is 8.76. The van der Waals surface area contributed by atoms with Gasteiger partial charge >= 0.3 is 0 Å². The number of nitro groups is 2. The Hall–Kier alpha value is -5.37. The number of anilines is 1. The van der Waals surface area contributed by atoms with E-state index in [9.17, 15) is 39.4 Å². The van der Waals surface area contributed by atoms with Crippen molar-refractivity contribution in [3.63, 3.8) is 0 Å². The number of amides is 2. The van der Waals surface area contributed by atoms with Gasteiger partial charge in [-0.2, -0.15) is 0 Å². The molecule has 0 aromatic heterocycles. The van der Waals surface area contributed by atoms with Gasteiger partial charge < -0.3 is 34.9 Å². The number of ether oxygens (including phenoxy) is 4. The normalized spacial score (nSPS) is 16.8. The number of benzene rings is 3. The van der Waals surface area contributed by atoms with E-state index in [0.717, 1.165) is 80.4 Å². The van der Waals surface area contributed by atoms with Gasteiger partial charge in [-0.3, -0.25) is 44.3 Å². The third-order valence-electron chi connectivity index (χ3n) is 12.6. The maximum absolute atomic E-state index is 12.7. The summed E-state index contributed by atoms with van der Waals surface area (Å²) in [5.41, 5.74) is 3.61. The van der Waals surface area contributed by atoms with Crippen LogP contribution in [0.25, 0.3) is 0 Å². The second-order valence-electron chi connectivity index (χ2n) is 18.3. The first-order chi connectivity index (χ1) is 34.7. The van der Waals surface area contributed by atoms with Crippen LogP contribution < -0.4 is 16.0 Å². The quantitative estimate of drug-likeness (QED) is 0.0311. The van der Waals surface area contributed by atoms with Crippen LogP contribution in [0.5, 0.6) is 0 Å². The zero-order chi connectivity index (χ0) is 52.1. The van der Waals surface area contributed by atoms with Gasteiger partial charge in [0.2, 0.25) is 5.91 Å². The molecule has 1 saturated carbocycles. The summed E-state index contributed by atoms with van der Waals surface area (Å²) in [4.78, 5) is 71.0. The average Bonchev–Trinajstić information content (AvgIpc) is 3.38. The third kappa shape index (κ3) is 23.0. The maximum Gasteiger partial charge on any atom is 0.299 e. The molecular formula is C53H75ClN6O12. The fourth-order valence-corrected chi connectivity index (χ4v) is 8.48. The van der Waals surface area contributed by atoms with Crippen molar-refractivity contribution >= 4 is 52.0 Å². The first-order valence-electron chi connectivity index (χ1n) is 25.4. The Kier molecular flexibility index (Phi) is 27.4. The lowest BCUT2D eigenvalue weighted by Crippen LogP contribution is -2.42. The number of Topliss-reactive ketones (excluding diaryl/α,β-unsaturated/α-hetero) is 2. The summed E-state index contributed by atoms with van der Waals surface area (Å²) in [6.07, 6.45) is 9.50. The van der Waals surface area contributed by atoms with E-state index in [0.29, 0.717) is 122 Å². The van der Waals surface area contributed by atoms with Crippen LogP contribution >= 0.6 is 11.6 Å². The third-order valence-corrected chi connectivity index (χ3v) is 13.0. The lowest BCUT2D eigenvalue weighted by Gasteiger charge is -2.33. The molecule has 2 aliphatic rings. The van der Waals surface area contributed by atoms with Crippen molar-refractivity contribution in [2.75, 3.05) is 77.7 Å². The summed E-state index contributed by atoms with van der Waals surface area (Å²) in [7, 11) is 0. The molecule has 0 unspecified atom stereocenters. The van der Waals surface area contributed by atoms with Gasteiger partial charge in [0.25, 0.3) is 17.3 Å².